The fourth-order valence-corrected chi connectivity index (χ4v) is 3.88. The molecule has 2 N–H and O–H groups in total. The van der Waals surface area contributed by atoms with Gasteiger partial charge in [0.25, 0.3) is 0 Å². The Hall–Kier alpha value is -1.44. The van der Waals surface area contributed by atoms with Gasteiger partial charge < -0.3 is 10.0 Å². The molecule has 0 aromatic heterocycles. The van der Waals surface area contributed by atoms with E-state index in [2.05, 4.69) is 9.62 Å². The summed E-state index contributed by atoms with van der Waals surface area (Å²) >= 11 is 0. The smallest absolute Gasteiger partial charge is 0.335 e. The second-order valence-electron chi connectivity index (χ2n) is 5.46. The highest BCUT2D eigenvalue weighted by Crippen LogP contribution is 2.13. The van der Waals surface area contributed by atoms with E-state index in [0.29, 0.717) is 5.56 Å². The van der Waals surface area contributed by atoms with Crippen LogP contribution in [0.1, 0.15) is 28.8 Å². The molecule has 0 bridgehead atoms. The lowest BCUT2D eigenvalue weighted by molar-refractivity contribution is 0.0696. The van der Waals surface area contributed by atoms with E-state index in [0.717, 1.165) is 25.9 Å². The van der Waals surface area contributed by atoms with E-state index in [1.54, 1.807) is 12.1 Å². The average Bonchev–Trinajstić information content (AvgIpc) is 2.41. The summed E-state index contributed by atoms with van der Waals surface area (Å²) in [4.78, 5) is 13.1. The van der Waals surface area contributed by atoms with E-state index in [4.69, 9.17) is 5.11 Å². The van der Waals surface area contributed by atoms with Gasteiger partial charge in [-0.25, -0.2) is 17.9 Å². The molecule has 1 aliphatic rings. The van der Waals surface area contributed by atoms with Gasteiger partial charge >= 0.3 is 5.97 Å². The Bertz CT molecular complexity index is 607. The summed E-state index contributed by atoms with van der Waals surface area (Å²) in [6, 6.07) is 6.00. The summed E-state index contributed by atoms with van der Waals surface area (Å²) < 4.78 is 27.0. The van der Waals surface area contributed by atoms with Gasteiger partial charge in [-0.3, -0.25) is 0 Å². The molecule has 2 rings (SSSR count). The summed E-state index contributed by atoms with van der Waals surface area (Å²) in [5.41, 5.74) is 0.581. The quantitative estimate of drug-likeness (QED) is 0.843. The monoisotopic (exact) mass is 312 g/mol. The van der Waals surface area contributed by atoms with Gasteiger partial charge in [0.15, 0.2) is 0 Å². The molecule has 0 unspecified atom stereocenters. The van der Waals surface area contributed by atoms with Gasteiger partial charge in [-0.1, -0.05) is 12.1 Å². The van der Waals surface area contributed by atoms with Gasteiger partial charge in [0.2, 0.25) is 10.0 Å². The second kappa shape index (κ2) is 6.55. The van der Waals surface area contributed by atoms with Crippen LogP contribution in [0.4, 0.5) is 0 Å². The number of likely N-dealkylation sites (tertiary alicyclic amines) is 1. The van der Waals surface area contributed by atoms with Crippen LogP contribution >= 0.6 is 0 Å². The zero-order valence-electron chi connectivity index (χ0n) is 11.9. The van der Waals surface area contributed by atoms with Crippen molar-refractivity contribution in [2.45, 2.75) is 24.6 Å². The minimum absolute atomic E-state index is 0.0335. The Balaban J connectivity index is 2.00. The molecule has 0 atom stereocenters. The second-order valence-corrected chi connectivity index (χ2v) is 7.21. The molecule has 0 spiro atoms. The molecule has 0 aliphatic carbocycles. The van der Waals surface area contributed by atoms with Crippen LogP contribution in [0.5, 0.6) is 0 Å². The van der Waals surface area contributed by atoms with Crippen LogP contribution < -0.4 is 4.72 Å². The standard InChI is InChI=1S/C14H20N2O4S/c1-16-7-5-13(6-8-16)15-21(19,20)10-11-3-2-4-12(9-11)14(17)18/h2-4,9,13,15H,5-8,10H2,1H3,(H,17,18). The first-order chi connectivity index (χ1) is 9.85. The molecule has 21 heavy (non-hydrogen) atoms. The molecule has 1 aliphatic heterocycles. The number of nitrogens with zero attached hydrogens (tertiary/aromatic N) is 1. The molecule has 0 radical (unpaired) electrons. The fourth-order valence-electron chi connectivity index (χ4n) is 2.44. The number of carbonyl (C=O) groups is 1. The summed E-state index contributed by atoms with van der Waals surface area (Å²) in [6.45, 7) is 1.75. The number of aromatic carboxylic acids is 1. The largest absolute Gasteiger partial charge is 0.478 e. The van der Waals surface area contributed by atoms with Crippen molar-refractivity contribution in [2.75, 3.05) is 20.1 Å². The zero-order valence-corrected chi connectivity index (χ0v) is 12.8. The van der Waals surface area contributed by atoms with E-state index >= 15 is 0 Å². The van der Waals surface area contributed by atoms with Gasteiger partial charge in [-0.05, 0) is 50.7 Å². The average molecular weight is 312 g/mol. The molecule has 7 heteroatoms. The van der Waals surface area contributed by atoms with E-state index < -0.39 is 16.0 Å². The summed E-state index contributed by atoms with van der Waals surface area (Å²) in [6.07, 6.45) is 1.59. The van der Waals surface area contributed by atoms with Crippen molar-refractivity contribution in [3.05, 3.63) is 35.4 Å². The first kappa shape index (κ1) is 15.9. The highest BCUT2D eigenvalue weighted by molar-refractivity contribution is 7.88. The molecule has 1 fully saturated rings. The first-order valence-electron chi connectivity index (χ1n) is 6.86. The van der Waals surface area contributed by atoms with Gasteiger partial charge in [0.05, 0.1) is 11.3 Å². The number of benzene rings is 1. The lowest BCUT2D eigenvalue weighted by Crippen LogP contribution is -2.43. The number of piperidine rings is 1. The molecule has 6 nitrogen and oxygen atoms in total. The Morgan fingerprint density at radius 3 is 2.67 bits per heavy atom. The molecule has 1 aromatic carbocycles. The van der Waals surface area contributed by atoms with Crippen LogP contribution in [0, 0.1) is 0 Å². The van der Waals surface area contributed by atoms with Crippen LogP contribution in [0.2, 0.25) is 0 Å². The highest BCUT2D eigenvalue weighted by Gasteiger charge is 2.22. The molecule has 0 amide bonds. The number of carboxylic acid groups (broad SMARTS) is 1. The Kier molecular flexibility index (Phi) is 4.97. The number of nitrogens with one attached hydrogen (secondary N) is 1. The highest BCUT2D eigenvalue weighted by atomic mass is 32.2. The maximum atomic E-state index is 12.2. The van der Waals surface area contributed by atoms with Crippen molar-refractivity contribution < 1.29 is 18.3 Å². The molecule has 0 saturated carbocycles. The van der Waals surface area contributed by atoms with Gasteiger partial charge in [-0.2, -0.15) is 0 Å². The molecular weight excluding hydrogens is 292 g/mol. The molecule has 116 valence electrons. The van der Waals surface area contributed by atoms with Gasteiger partial charge in [-0.15, -0.1) is 0 Å². The summed E-state index contributed by atoms with van der Waals surface area (Å²) in [5, 5.41) is 8.92. The van der Waals surface area contributed by atoms with E-state index in [-0.39, 0.29) is 17.4 Å². The third-order valence-corrected chi connectivity index (χ3v) is 5.00. The SMILES string of the molecule is CN1CCC(NS(=O)(=O)Cc2cccc(C(=O)O)c2)CC1. The lowest BCUT2D eigenvalue weighted by Gasteiger charge is -2.29. The van der Waals surface area contributed by atoms with Crippen LogP contribution in [-0.2, 0) is 15.8 Å². The maximum Gasteiger partial charge on any atom is 0.335 e. The molecule has 1 saturated heterocycles. The molecule has 1 aromatic rings. The number of carboxylic acids is 1. The Morgan fingerprint density at radius 2 is 2.05 bits per heavy atom. The normalized spacial score (nSPS) is 17.8. The summed E-state index contributed by atoms with van der Waals surface area (Å²) in [7, 11) is -1.44. The van der Waals surface area contributed by atoms with Crippen LogP contribution in [-0.4, -0.2) is 50.6 Å². The number of hydrogen-bond acceptors (Lipinski definition) is 4. The number of sulfonamides is 1. The zero-order chi connectivity index (χ0) is 15.5. The van der Waals surface area contributed by atoms with Gasteiger partial charge in [0.1, 0.15) is 0 Å². The number of rotatable bonds is 5. The predicted molar refractivity (Wildman–Crippen MR) is 79.7 cm³/mol. The molecule has 1 heterocycles. The lowest BCUT2D eigenvalue weighted by atomic mass is 10.1. The first-order valence-corrected chi connectivity index (χ1v) is 8.52. The third kappa shape index (κ3) is 4.80. The van der Waals surface area contributed by atoms with E-state index in [1.807, 2.05) is 7.05 Å². The summed E-state index contributed by atoms with van der Waals surface area (Å²) in [5.74, 6) is -1.25. The Labute approximate surface area is 124 Å². The maximum absolute atomic E-state index is 12.2. The van der Waals surface area contributed by atoms with E-state index in [9.17, 15) is 13.2 Å². The van der Waals surface area contributed by atoms with Crippen molar-refractivity contribution in [3.8, 4) is 0 Å². The van der Waals surface area contributed by atoms with Crippen LogP contribution in [0.25, 0.3) is 0 Å². The van der Waals surface area contributed by atoms with Crippen molar-refractivity contribution in [1.29, 1.82) is 0 Å². The van der Waals surface area contributed by atoms with Crippen molar-refractivity contribution >= 4 is 16.0 Å². The minimum Gasteiger partial charge on any atom is -0.478 e. The fraction of sp³-hybridized carbons (Fsp3) is 0.500. The predicted octanol–water partition coefficient (Wildman–Crippen LogP) is 0.898. The minimum atomic E-state index is -3.46. The van der Waals surface area contributed by atoms with Gasteiger partial charge in [0, 0.05) is 6.04 Å². The Morgan fingerprint density at radius 1 is 1.38 bits per heavy atom. The van der Waals surface area contributed by atoms with Crippen LogP contribution in [0.3, 0.4) is 0 Å². The van der Waals surface area contributed by atoms with Crippen LogP contribution in [0.15, 0.2) is 24.3 Å². The van der Waals surface area contributed by atoms with Crippen molar-refractivity contribution in [2.24, 2.45) is 0 Å². The number of hydrogen-bond donors (Lipinski definition) is 2. The third-order valence-electron chi connectivity index (χ3n) is 3.60. The van der Waals surface area contributed by atoms with E-state index in [1.165, 1.54) is 12.1 Å². The van der Waals surface area contributed by atoms with Crippen molar-refractivity contribution in [1.82, 2.24) is 9.62 Å². The van der Waals surface area contributed by atoms with Crippen molar-refractivity contribution in [3.63, 3.8) is 0 Å². The molecular formula is C14H20N2O4S. The topological polar surface area (TPSA) is 86.7 Å².